The molecule has 0 radical (unpaired) electrons. The SMILES string of the molecule is CCC(C)[C@H](N)c1ccccc1Cl.Cl. The Morgan fingerprint density at radius 3 is 2.43 bits per heavy atom. The van der Waals surface area contributed by atoms with Crippen LogP contribution in [0.3, 0.4) is 0 Å². The molecule has 3 heteroatoms. The average molecular weight is 234 g/mol. The molecular weight excluding hydrogens is 217 g/mol. The fraction of sp³-hybridized carbons (Fsp3) is 0.455. The number of rotatable bonds is 3. The van der Waals surface area contributed by atoms with Crippen LogP contribution in [0.4, 0.5) is 0 Å². The molecule has 14 heavy (non-hydrogen) atoms. The van der Waals surface area contributed by atoms with E-state index in [1.807, 2.05) is 24.3 Å². The molecule has 0 heterocycles. The molecule has 0 aliphatic heterocycles. The Labute approximate surface area is 97.1 Å². The van der Waals surface area contributed by atoms with E-state index in [1.54, 1.807) is 0 Å². The second-order valence-electron chi connectivity index (χ2n) is 3.43. The molecule has 0 amide bonds. The molecule has 0 spiro atoms. The first kappa shape index (κ1) is 13.8. The molecule has 1 rings (SSSR count). The van der Waals surface area contributed by atoms with Crippen molar-refractivity contribution in [1.29, 1.82) is 0 Å². The van der Waals surface area contributed by atoms with E-state index in [9.17, 15) is 0 Å². The van der Waals surface area contributed by atoms with E-state index in [0.717, 1.165) is 17.0 Å². The lowest BCUT2D eigenvalue weighted by Crippen LogP contribution is -2.18. The van der Waals surface area contributed by atoms with Crippen molar-refractivity contribution in [3.63, 3.8) is 0 Å². The summed E-state index contributed by atoms with van der Waals surface area (Å²) in [6.07, 6.45) is 1.08. The molecule has 0 aliphatic carbocycles. The lowest BCUT2D eigenvalue weighted by molar-refractivity contribution is 0.457. The summed E-state index contributed by atoms with van der Waals surface area (Å²) in [5, 5.41) is 0.773. The maximum atomic E-state index is 6.07. The molecule has 0 bridgehead atoms. The number of hydrogen-bond donors (Lipinski definition) is 1. The predicted molar refractivity (Wildman–Crippen MR) is 65.1 cm³/mol. The van der Waals surface area contributed by atoms with Crippen molar-refractivity contribution in [3.05, 3.63) is 34.9 Å². The summed E-state index contributed by atoms with van der Waals surface area (Å²) in [6, 6.07) is 7.84. The van der Waals surface area contributed by atoms with Crippen LogP contribution in [-0.4, -0.2) is 0 Å². The average Bonchev–Trinajstić information content (AvgIpc) is 2.16. The second-order valence-corrected chi connectivity index (χ2v) is 3.84. The maximum absolute atomic E-state index is 6.07. The highest BCUT2D eigenvalue weighted by Crippen LogP contribution is 2.27. The Bertz CT molecular complexity index is 276. The van der Waals surface area contributed by atoms with Crippen molar-refractivity contribution in [2.45, 2.75) is 26.3 Å². The minimum absolute atomic E-state index is 0. The molecule has 1 aromatic rings. The third kappa shape index (κ3) is 3.16. The molecule has 0 aromatic heterocycles. The zero-order valence-electron chi connectivity index (χ0n) is 8.53. The molecule has 80 valence electrons. The zero-order chi connectivity index (χ0) is 9.84. The first-order valence-corrected chi connectivity index (χ1v) is 5.04. The Hall–Kier alpha value is -0.240. The second kappa shape index (κ2) is 6.28. The maximum Gasteiger partial charge on any atom is 0.0453 e. The number of halogens is 2. The van der Waals surface area contributed by atoms with Crippen molar-refractivity contribution < 1.29 is 0 Å². The van der Waals surface area contributed by atoms with Crippen LogP contribution in [0.15, 0.2) is 24.3 Å². The third-order valence-electron chi connectivity index (χ3n) is 2.52. The fourth-order valence-corrected chi connectivity index (χ4v) is 1.57. The summed E-state index contributed by atoms with van der Waals surface area (Å²) in [7, 11) is 0. The molecule has 0 fully saturated rings. The number of nitrogens with two attached hydrogens (primary N) is 1. The summed E-state index contributed by atoms with van der Waals surface area (Å²) in [5.41, 5.74) is 7.12. The van der Waals surface area contributed by atoms with Crippen LogP contribution >= 0.6 is 24.0 Å². The van der Waals surface area contributed by atoms with Crippen LogP contribution in [0.2, 0.25) is 5.02 Å². The minimum atomic E-state index is 0. The molecule has 0 aliphatic rings. The van der Waals surface area contributed by atoms with Crippen LogP contribution in [0.25, 0.3) is 0 Å². The van der Waals surface area contributed by atoms with E-state index in [-0.39, 0.29) is 18.4 Å². The quantitative estimate of drug-likeness (QED) is 0.845. The molecule has 1 unspecified atom stereocenters. The highest BCUT2D eigenvalue weighted by atomic mass is 35.5. The molecule has 0 saturated heterocycles. The van der Waals surface area contributed by atoms with Gasteiger partial charge in [0.05, 0.1) is 0 Å². The first-order chi connectivity index (χ1) is 6.16. The topological polar surface area (TPSA) is 26.0 Å². The Kier molecular flexibility index (Phi) is 6.17. The van der Waals surface area contributed by atoms with Gasteiger partial charge in [0.2, 0.25) is 0 Å². The van der Waals surface area contributed by atoms with E-state index >= 15 is 0 Å². The Morgan fingerprint density at radius 1 is 1.36 bits per heavy atom. The van der Waals surface area contributed by atoms with Gasteiger partial charge in [0.15, 0.2) is 0 Å². The molecule has 2 atom stereocenters. The van der Waals surface area contributed by atoms with Gasteiger partial charge in [-0.2, -0.15) is 0 Å². The number of benzene rings is 1. The zero-order valence-corrected chi connectivity index (χ0v) is 10.1. The van der Waals surface area contributed by atoms with Gasteiger partial charge in [0.1, 0.15) is 0 Å². The van der Waals surface area contributed by atoms with E-state index < -0.39 is 0 Å². The van der Waals surface area contributed by atoms with Gasteiger partial charge in [-0.25, -0.2) is 0 Å². The fourth-order valence-electron chi connectivity index (χ4n) is 1.31. The van der Waals surface area contributed by atoms with E-state index in [4.69, 9.17) is 17.3 Å². The third-order valence-corrected chi connectivity index (χ3v) is 2.87. The number of hydrogen-bond acceptors (Lipinski definition) is 1. The van der Waals surface area contributed by atoms with Crippen LogP contribution < -0.4 is 5.73 Å². The Morgan fingerprint density at radius 2 is 1.93 bits per heavy atom. The molecule has 2 N–H and O–H groups in total. The van der Waals surface area contributed by atoms with Gasteiger partial charge in [-0.15, -0.1) is 12.4 Å². The normalized spacial score (nSPS) is 14.3. The van der Waals surface area contributed by atoms with Crippen molar-refractivity contribution in [3.8, 4) is 0 Å². The van der Waals surface area contributed by atoms with Gasteiger partial charge in [-0.3, -0.25) is 0 Å². The van der Waals surface area contributed by atoms with Crippen molar-refractivity contribution in [1.82, 2.24) is 0 Å². The van der Waals surface area contributed by atoms with Crippen LogP contribution in [0.1, 0.15) is 31.9 Å². The van der Waals surface area contributed by atoms with Crippen LogP contribution in [0, 0.1) is 5.92 Å². The molecular formula is C11H17Cl2N. The monoisotopic (exact) mass is 233 g/mol. The highest BCUT2D eigenvalue weighted by molar-refractivity contribution is 6.31. The summed E-state index contributed by atoms with van der Waals surface area (Å²) >= 11 is 6.04. The van der Waals surface area contributed by atoms with Crippen LogP contribution in [0.5, 0.6) is 0 Å². The highest BCUT2D eigenvalue weighted by Gasteiger charge is 2.14. The van der Waals surface area contributed by atoms with E-state index in [2.05, 4.69) is 13.8 Å². The van der Waals surface area contributed by atoms with Gasteiger partial charge >= 0.3 is 0 Å². The molecule has 0 saturated carbocycles. The van der Waals surface area contributed by atoms with Gasteiger partial charge in [0, 0.05) is 11.1 Å². The standard InChI is InChI=1S/C11H16ClN.ClH/c1-3-8(2)11(13)9-6-4-5-7-10(9)12;/h4-8,11H,3,13H2,1-2H3;1H/t8?,11-;/m0./s1. The predicted octanol–water partition coefficient (Wildman–Crippen LogP) is 3.81. The Balaban J connectivity index is 0.00000169. The molecule has 1 nitrogen and oxygen atoms in total. The molecule has 1 aromatic carbocycles. The van der Waals surface area contributed by atoms with Gasteiger partial charge in [-0.1, -0.05) is 50.1 Å². The first-order valence-electron chi connectivity index (χ1n) is 4.66. The summed E-state index contributed by atoms with van der Waals surface area (Å²) in [6.45, 7) is 4.29. The van der Waals surface area contributed by atoms with Gasteiger partial charge < -0.3 is 5.73 Å². The summed E-state index contributed by atoms with van der Waals surface area (Å²) in [5.74, 6) is 0.472. The van der Waals surface area contributed by atoms with E-state index in [1.165, 1.54) is 0 Å². The van der Waals surface area contributed by atoms with Gasteiger partial charge in [-0.05, 0) is 17.5 Å². The van der Waals surface area contributed by atoms with Crippen molar-refractivity contribution in [2.75, 3.05) is 0 Å². The largest absolute Gasteiger partial charge is 0.324 e. The lowest BCUT2D eigenvalue weighted by Gasteiger charge is -2.19. The van der Waals surface area contributed by atoms with Crippen LogP contribution in [-0.2, 0) is 0 Å². The lowest BCUT2D eigenvalue weighted by atomic mass is 9.93. The summed E-state index contributed by atoms with van der Waals surface area (Å²) < 4.78 is 0. The summed E-state index contributed by atoms with van der Waals surface area (Å²) in [4.78, 5) is 0. The van der Waals surface area contributed by atoms with Gasteiger partial charge in [0.25, 0.3) is 0 Å². The minimum Gasteiger partial charge on any atom is -0.324 e. The van der Waals surface area contributed by atoms with Crippen molar-refractivity contribution >= 4 is 24.0 Å². The smallest absolute Gasteiger partial charge is 0.0453 e. The van der Waals surface area contributed by atoms with E-state index in [0.29, 0.717) is 5.92 Å². The van der Waals surface area contributed by atoms with Crippen molar-refractivity contribution in [2.24, 2.45) is 11.7 Å².